The molecule has 3 rings (SSSR count). The molecule has 0 radical (unpaired) electrons. The number of hydrogen-bond acceptors (Lipinski definition) is 7. The number of thioether (sulfide) groups is 1. The highest BCUT2D eigenvalue weighted by Gasteiger charge is 2.33. The van der Waals surface area contributed by atoms with Crippen molar-refractivity contribution in [2.24, 2.45) is 5.73 Å². The molecule has 162 valence electrons. The first-order valence-corrected chi connectivity index (χ1v) is 11.1. The number of carbonyl (C=O) groups excluding carboxylic acids is 1. The number of amides is 1. The van der Waals surface area contributed by atoms with Gasteiger partial charge in [-0.2, -0.15) is 4.98 Å². The van der Waals surface area contributed by atoms with E-state index in [1.54, 1.807) is 23.6 Å². The molecule has 0 fully saturated rings. The minimum Gasteiger partial charge on any atom is -0.493 e. The third kappa shape index (κ3) is 4.56. The molecule has 0 saturated carbocycles. The van der Waals surface area contributed by atoms with Crippen LogP contribution in [0.5, 0.6) is 11.5 Å². The van der Waals surface area contributed by atoms with E-state index < -0.39 is 11.9 Å². The first-order chi connectivity index (χ1) is 14.3. The van der Waals surface area contributed by atoms with Gasteiger partial charge < -0.3 is 20.5 Å². The lowest BCUT2D eigenvalue weighted by Gasteiger charge is -2.28. The molecule has 30 heavy (non-hydrogen) atoms. The van der Waals surface area contributed by atoms with Gasteiger partial charge in [0.25, 0.3) is 0 Å². The second-order valence-electron chi connectivity index (χ2n) is 7.37. The Balaban J connectivity index is 2.05. The Morgan fingerprint density at radius 1 is 1.37 bits per heavy atom. The number of rotatable bonds is 9. The number of allylic oxidation sites excluding steroid dienone is 1. The van der Waals surface area contributed by atoms with Crippen molar-refractivity contribution in [3.05, 3.63) is 35.0 Å². The number of anilines is 1. The van der Waals surface area contributed by atoms with Crippen molar-refractivity contribution < 1.29 is 14.3 Å². The van der Waals surface area contributed by atoms with Crippen molar-refractivity contribution >= 4 is 23.6 Å². The van der Waals surface area contributed by atoms with Crippen molar-refractivity contribution in [1.82, 2.24) is 14.8 Å². The van der Waals surface area contributed by atoms with Crippen molar-refractivity contribution in [3.8, 4) is 11.5 Å². The molecule has 9 heteroatoms. The normalized spacial score (nSPS) is 15.7. The van der Waals surface area contributed by atoms with Crippen molar-refractivity contribution in [3.63, 3.8) is 0 Å². The van der Waals surface area contributed by atoms with Gasteiger partial charge in [-0.25, -0.2) is 4.68 Å². The lowest BCUT2D eigenvalue weighted by atomic mass is 9.95. The molecule has 0 aliphatic carbocycles. The molecule has 1 atom stereocenters. The maximum atomic E-state index is 12.3. The highest BCUT2D eigenvalue weighted by molar-refractivity contribution is 7.99. The van der Waals surface area contributed by atoms with Gasteiger partial charge in [0.2, 0.25) is 17.0 Å². The van der Waals surface area contributed by atoms with Gasteiger partial charge in [0.15, 0.2) is 11.5 Å². The van der Waals surface area contributed by atoms with Crippen molar-refractivity contribution in [2.45, 2.75) is 57.8 Å². The van der Waals surface area contributed by atoms with Gasteiger partial charge in [-0.3, -0.25) is 4.79 Å². The maximum absolute atomic E-state index is 12.3. The topological polar surface area (TPSA) is 104 Å². The van der Waals surface area contributed by atoms with E-state index in [0.29, 0.717) is 33.9 Å². The van der Waals surface area contributed by atoms with Crippen LogP contribution in [-0.4, -0.2) is 39.6 Å². The summed E-state index contributed by atoms with van der Waals surface area (Å²) in [4.78, 5) is 16.9. The fourth-order valence-electron chi connectivity index (χ4n) is 3.33. The molecule has 1 aliphatic rings. The Morgan fingerprint density at radius 3 is 2.77 bits per heavy atom. The molecule has 0 saturated heterocycles. The summed E-state index contributed by atoms with van der Waals surface area (Å²) in [6.45, 7) is 7.88. The van der Waals surface area contributed by atoms with Crippen LogP contribution in [0.4, 0.5) is 5.95 Å². The van der Waals surface area contributed by atoms with Crippen LogP contribution in [0.1, 0.15) is 52.1 Å². The number of ether oxygens (including phenoxy) is 2. The fourth-order valence-corrected chi connectivity index (χ4v) is 4.25. The summed E-state index contributed by atoms with van der Waals surface area (Å²) in [6, 6.07) is 5.10. The van der Waals surface area contributed by atoms with E-state index in [-0.39, 0.29) is 6.10 Å². The van der Waals surface area contributed by atoms with Crippen LogP contribution in [0.3, 0.4) is 0 Å². The van der Waals surface area contributed by atoms with Crippen LogP contribution in [0.2, 0.25) is 0 Å². The molecule has 0 bridgehead atoms. The molecule has 1 amide bonds. The van der Waals surface area contributed by atoms with E-state index in [1.165, 1.54) is 0 Å². The summed E-state index contributed by atoms with van der Waals surface area (Å²) in [6.07, 6.45) is 2.21. The smallest absolute Gasteiger partial charge is 0.248 e. The fraction of sp³-hybridized carbons (Fsp3) is 0.476. The van der Waals surface area contributed by atoms with Crippen LogP contribution >= 0.6 is 11.8 Å². The van der Waals surface area contributed by atoms with Gasteiger partial charge in [-0.05, 0) is 44.9 Å². The number of hydrogen-bond donors (Lipinski definition) is 2. The first kappa shape index (κ1) is 22.0. The van der Waals surface area contributed by atoms with Crippen molar-refractivity contribution in [1.29, 1.82) is 0 Å². The molecule has 8 nitrogen and oxygen atoms in total. The number of primary amides is 1. The lowest BCUT2D eigenvalue weighted by Crippen LogP contribution is -2.31. The molecule has 1 aromatic heterocycles. The highest BCUT2D eigenvalue weighted by Crippen LogP contribution is 2.39. The standard InChI is InChI=1S/C21H29N5O3S/c1-6-7-10-30-21-24-20-23-13(4)17(19(22)27)18(26(20)25-21)14-8-9-15(29-12(2)3)16(11-14)28-5/h8-9,11-12,18H,6-7,10H2,1-5H3,(H2,22,27)(H,23,24,25). The second-order valence-corrected chi connectivity index (χ2v) is 8.43. The number of carbonyl (C=O) groups is 1. The lowest BCUT2D eigenvalue weighted by molar-refractivity contribution is -0.115. The van der Waals surface area contributed by atoms with Gasteiger partial charge in [0.05, 0.1) is 18.8 Å². The average molecular weight is 432 g/mol. The summed E-state index contributed by atoms with van der Waals surface area (Å²) in [5.74, 6) is 2.24. The third-order valence-corrected chi connectivity index (χ3v) is 5.62. The molecule has 2 heterocycles. The van der Waals surface area contributed by atoms with Crippen LogP contribution in [-0.2, 0) is 4.79 Å². The Labute approximate surface area is 181 Å². The van der Waals surface area contributed by atoms with E-state index in [9.17, 15) is 4.79 Å². The number of nitrogens with one attached hydrogen (secondary N) is 1. The Morgan fingerprint density at radius 2 is 2.13 bits per heavy atom. The van der Waals surface area contributed by atoms with E-state index in [1.807, 2.05) is 39.0 Å². The number of benzene rings is 1. The monoisotopic (exact) mass is 431 g/mol. The Kier molecular flexibility index (Phi) is 6.91. The summed E-state index contributed by atoms with van der Waals surface area (Å²) in [7, 11) is 1.59. The van der Waals surface area contributed by atoms with E-state index >= 15 is 0 Å². The van der Waals surface area contributed by atoms with Crippen LogP contribution in [0.25, 0.3) is 0 Å². The van der Waals surface area contributed by atoms with E-state index in [2.05, 4.69) is 22.3 Å². The average Bonchev–Trinajstić information content (AvgIpc) is 3.09. The summed E-state index contributed by atoms with van der Waals surface area (Å²) in [5, 5.41) is 8.50. The van der Waals surface area contributed by atoms with Gasteiger partial charge in [-0.15, -0.1) is 5.10 Å². The molecule has 2 aromatic rings. The third-order valence-electron chi connectivity index (χ3n) is 4.69. The Bertz CT molecular complexity index is 954. The summed E-state index contributed by atoms with van der Waals surface area (Å²) < 4.78 is 13.1. The quantitative estimate of drug-likeness (QED) is 0.460. The number of nitrogens with zero attached hydrogens (tertiary/aromatic N) is 3. The maximum Gasteiger partial charge on any atom is 0.248 e. The zero-order chi connectivity index (χ0) is 21.8. The number of methoxy groups -OCH3 is 1. The van der Waals surface area contributed by atoms with Gasteiger partial charge in [0, 0.05) is 11.4 Å². The molecule has 1 aliphatic heterocycles. The molecule has 0 spiro atoms. The van der Waals surface area contributed by atoms with Crippen molar-refractivity contribution in [2.75, 3.05) is 18.2 Å². The highest BCUT2D eigenvalue weighted by atomic mass is 32.2. The molecule has 3 N–H and O–H groups in total. The zero-order valence-corrected chi connectivity index (χ0v) is 18.9. The van der Waals surface area contributed by atoms with Crippen LogP contribution < -0.4 is 20.5 Å². The predicted octanol–water partition coefficient (Wildman–Crippen LogP) is 3.74. The minimum atomic E-state index is -0.507. The number of aromatic nitrogens is 3. The zero-order valence-electron chi connectivity index (χ0n) is 18.1. The molecule has 1 unspecified atom stereocenters. The summed E-state index contributed by atoms with van der Waals surface area (Å²) in [5.41, 5.74) is 7.68. The minimum absolute atomic E-state index is 0.0107. The van der Waals surface area contributed by atoms with Gasteiger partial charge >= 0.3 is 0 Å². The number of nitrogens with two attached hydrogens (primary N) is 1. The van der Waals surface area contributed by atoms with Crippen LogP contribution in [0.15, 0.2) is 34.6 Å². The number of unbranched alkanes of at least 4 members (excludes halogenated alkanes) is 1. The number of fused-ring (bicyclic) bond motifs is 1. The molecular formula is C21H29N5O3S. The van der Waals surface area contributed by atoms with E-state index in [0.717, 1.165) is 24.2 Å². The Hall–Kier alpha value is -2.68. The summed E-state index contributed by atoms with van der Waals surface area (Å²) >= 11 is 1.60. The largest absolute Gasteiger partial charge is 0.493 e. The predicted molar refractivity (Wildman–Crippen MR) is 118 cm³/mol. The van der Waals surface area contributed by atoms with E-state index in [4.69, 9.17) is 15.2 Å². The van der Waals surface area contributed by atoms with Crippen LogP contribution in [0, 0.1) is 0 Å². The SMILES string of the molecule is CCCCSc1nc2n(n1)C(c1ccc(OC(C)C)c(OC)c1)C(C(N)=O)=C(C)N2. The van der Waals surface area contributed by atoms with Gasteiger partial charge in [-0.1, -0.05) is 31.2 Å². The molecular weight excluding hydrogens is 402 g/mol. The molecule has 1 aromatic carbocycles. The second kappa shape index (κ2) is 9.42. The van der Waals surface area contributed by atoms with Gasteiger partial charge in [0.1, 0.15) is 6.04 Å². The first-order valence-electron chi connectivity index (χ1n) is 10.1.